The molecule has 6 nitrogen and oxygen atoms in total. The number of carbonyl (C=O) groups is 2. The molecule has 1 aliphatic heterocycles. The van der Waals surface area contributed by atoms with Crippen molar-refractivity contribution >= 4 is 33.5 Å². The zero-order chi connectivity index (χ0) is 22.1. The van der Waals surface area contributed by atoms with Crippen molar-refractivity contribution in [1.29, 1.82) is 0 Å². The molecule has 1 aliphatic rings. The number of aromatic nitrogens is 1. The second-order valence-corrected chi connectivity index (χ2v) is 8.09. The van der Waals surface area contributed by atoms with Crippen molar-refractivity contribution in [2.75, 3.05) is 19.7 Å². The summed E-state index contributed by atoms with van der Waals surface area (Å²) in [5, 5.41) is 2.81. The molecule has 0 aliphatic carbocycles. The van der Waals surface area contributed by atoms with Crippen LogP contribution in [0.1, 0.15) is 39.1 Å². The molecule has 0 atom stereocenters. The summed E-state index contributed by atoms with van der Waals surface area (Å²) in [6.45, 7) is 1.50. The Morgan fingerprint density at radius 3 is 2.41 bits per heavy atom. The van der Waals surface area contributed by atoms with Gasteiger partial charge >= 0.3 is 0 Å². The van der Waals surface area contributed by atoms with Gasteiger partial charge in [0.15, 0.2) is 0 Å². The average Bonchev–Trinajstić information content (AvgIpc) is 3.21. The maximum absolute atomic E-state index is 12.9. The lowest BCUT2D eigenvalue weighted by Crippen LogP contribution is -2.40. The van der Waals surface area contributed by atoms with Crippen LogP contribution in [0.5, 0.6) is 5.75 Å². The van der Waals surface area contributed by atoms with Gasteiger partial charge in [-0.05, 0) is 67.1 Å². The molecule has 3 N–H and O–H groups in total. The van der Waals surface area contributed by atoms with Crippen LogP contribution >= 0.6 is 0 Å². The highest BCUT2D eigenvalue weighted by molar-refractivity contribution is 6.25. The summed E-state index contributed by atoms with van der Waals surface area (Å²) in [6, 6.07) is 17.2. The van der Waals surface area contributed by atoms with E-state index in [1.165, 1.54) is 10.5 Å². The second-order valence-electron chi connectivity index (χ2n) is 8.09. The fraction of sp³-hybridized carbons (Fsp3) is 0.231. The van der Waals surface area contributed by atoms with Gasteiger partial charge in [-0.1, -0.05) is 24.3 Å². The van der Waals surface area contributed by atoms with E-state index in [9.17, 15) is 9.59 Å². The lowest BCUT2D eigenvalue weighted by atomic mass is 9.94. The summed E-state index contributed by atoms with van der Waals surface area (Å²) in [7, 11) is 0. The number of amides is 2. The van der Waals surface area contributed by atoms with E-state index >= 15 is 0 Å². The summed E-state index contributed by atoms with van der Waals surface area (Å²) in [5.41, 5.74) is 9.15. The first-order chi connectivity index (χ1) is 15.7. The minimum absolute atomic E-state index is 0.217. The first-order valence-electron chi connectivity index (χ1n) is 11.0. The largest absolute Gasteiger partial charge is 0.494 e. The van der Waals surface area contributed by atoms with Gasteiger partial charge in [0.05, 0.1) is 6.61 Å². The number of carbonyl (C=O) groups excluding carboxylic acids is 2. The smallest absolute Gasteiger partial charge is 0.261 e. The third kappa shape index (κ3) is 3.52. The van der Waals surface area contributed by atoms with Crippen LogP contribution in [0.25, 0.3) is 21.7 Å². The molecule has 0 saturated carbocycles. The summed E-state index contributed by atoms with van der Waals surface area (Å²) < 4.78 is 5.93. The maximum atomic E-state index is 12.9. The van der Waals surface area contributed by atoms with Gasteiger partial charge in [-0.25, -0.2) is 0 Å². The molecule has 2 amide bonds. The van der Waals surface area contributed by atoms with E-state index < -0.39 is 0 Å². The Morgan fingerprint density at radius 1 is 0.938 bits per heavy atom. The van der Waals surface area contributed by atoms with Crippen molar-refractivity contribution in [2.24, 2.45) is 5.73 Å². The lowest BCUT2D eigenvalue weighted by molar-refractivity contribution is 0.0606. The Morgan fingerprint density at radius 2 is 1.69 bits per heavy atom. The van der Waals surface area contributed by atoms with E-state index in [0.717, 1.165) is 40.3 Å². The SMILES string of the molecule is NCCc1c[nH]c2ccc(OCCCCN3C(=O)c4cccc5cccc(c45)C3=O)cc12. The Hall–Kier alpha value is -3.64. The standard InChI is InChI=1S/C26H25N3O3/c27-12-11-18-16-28-23-10-9-19(15-22(18)23)32-14-2-1-13-29-25(30)20-7-3-5-17-6-4-8-21(24(17)20)26(29)31/h3-10,15-16,28H,1-2,11-14,27H2. The highest BCUT2D eigenvalue weighted by Gasteiger charge is 2.32. The van der Waals surface area contributed by atoms with Crippen molar-refractivity contribution in [3.8, 4) is 5.75 Å². The second kappa shape index (κ2) is 8.48. The van der Waals surface area contributed by atoms with Gasteiger partial charge < -0.3 is 15.5 Å². The van der Waals surface area contributed by atoms with Crippen LogP contribution in [0.15, 0.2) is 60.8 Å². The molecular weight excluding hydrogens is 402 g/mol. The number of aromatic amines is 1. The van der Waals surface area contributed by atoms with Crippen LogP contribution < -0.4 is 10.5 Å². The molecule has 0 bridgehead atoms. The highest BCUT2D eigenvalue weighted by Crippen LogP contribution is 2.30. The van der Waals surface area contributed by atoms with Gasteiger partial charge in [0.25, 0.3) is 11.8 Å². The minimum atomic E-state index is -0.217. The van der Waals surface area contributed by atoms with Gasteiger partial charge in [-0.15, -0.1) is 0 Å². The first kappa shape index (κ1) is 20.3. The van der Waals surface area contributed by atoms with Crippen LogP contribution in [0.3, 0.4) is 0 Å². The number of ether oxygens (including phenoxy) is 1. The predicted molar refractivity (Wildman–Crippen MR) is 125 cm³/mol. The number of rotatable bonds is 8. The summed E-state index contributed by atoms with van der Waals surface area (Å²) >= 11 is 0. The zero-order valence-corrected chi connectivity index (χ0v) is 17.8. The van der Waals surface area contributed by atoms with Crippen LogP contribution in [0.4, 0.5) is 0 Å². The van der Waals surface area contributed by atoms with Gasteiger partial charge in [0.1, 0.15) is 5.75 Å². The number of nitrogens with zero attached hydrogens (tertiary/aromatic N) is 1. The average molecular weight is 428 g/mol. The number of H-pyrrole nitrogens is 1. The molecule has 0 radical (unpaired) electrons. The molecule has 0 spiro atoms. The summed E-state index contributed by atoms with van der Waals surface area (Å²) in [5.74, 6) is 0.372. The minimum Gasteiger partial charge on any atom is -0.494 e. The monoisotopic (exact) mass is 427 g/mol. The van der Waals surface area contributed by atoms with E-state index in [-0.39, 0.29) is 11.8 Å². The predicted octanol–water partition coefficient (Wildman–Crippen LogP) is 4.28. The molecule has 0 unspecified atom stereocenters. The topological polar surface area (TPSA) is 88.4 Å². The number of nitrogens with two attached hydrogens (primary N) is 1. The van der Waals surface area contributed by atoms with E-state index in [4.69, 9.17) is 10.5 Å². The van der Waals surface area contributed by atoms with Crippen molar-refractivity contribution in [1.82, 2.24) is 9.88 Å². The number of imide groups is 1. The maximum Gasteiger partial charge on any atom is 0.261 e. The molecule has 6 heteroatoms. The zero-order valence-electron chi connectivity index (χ0n) is 17.8. The van der Waals surface area contributed by atoms with Gasteiger partial charge in [-0.2, -0.15) is 0 Å². The van der Waals surface area contributed by atoms with Gasteiger partial charge in [0.2, 0.25) is 0 Å². The molecule has 32 heavy (non-hydrogen) atoms. The molecule has 0 fully saturated rings. The third-order valence-electron chi connectivity index (χ3n) is 6.05. The highest BCUT2D eigenvalue weighted by atomic mass is 16.5. The first-order valence-corrected chi connectivity index (χ1v) is 11.0. The van der Waals surface area contributed by atoms with Crippen molar-refractivity contribution < 1.29 is 14.3 Å². The van der Waals surface area contributed by atoms with E-state index in [0.29, 0.717) is 37.2 Å². The van der Waals surface area contributed by atoms with E-state index in [1.807, 2.05) is 48.7 Å². The number of hydrogen-bond donors (Lipinski definition) is 2. The fourth-order valence-corrected chi connectivity index (χ4v) is 4.46. The van der Waals surface area contributed by atoms with Crippen molar-refractivity contribution in [2.45, 2.75) is 19.3 Å². The Labute approximate surface area is 186 Å². The van der Waals surface area contributed by atoms with Gasteiger partial charge in [-0.3, -0.25) is 14.5 Å². The van der Waals surface area contributed by atoms with Crippen molar-refractivity contribution in [3.05, 3.63) is 77.5 Å². The Kier molecular flexibility index (Phi) is 5.37. The van der Waals surface area contributed by atoms with E-state index in [2.05, 4.69) is 4.98 Å². The molecule has 4 aromatic rings. The van der Waals surface area contributed by atoms with Crippen molar-refractivity contribution in [3.63, 3.8) is 0 Å². The Bertz CT molecular complexity index is 1270. The molecule has 1 aromatic heterocycles. The number of fused-ring (bicyclic) bond motifs is 1. The molecule has 5 rings (SSSR count). The number of benzene rings is 3. The Balaban J connectivity index is 1.20. The summed E-state index contributed by atoms with van der Waals surface area (Å²) in [4.78, 5) is 30.5. The van der Waals surface area contributed by atoms with Crippen LogP contribution in [-0.4, -0.2) is 41.4 Å². The van der Waals surface area contributed by atoms with E-state index in [1.54, 1.807) is 12.1 Å². The van der Waals surface area contributed by atoms with Crippen LogP contribution in [0, 0.1) is 0 Å². The van der Waals surface area contributed by atoms with Crippen LogP contribution in [0.2, 0.25) is 0 Å². The quantitative estimate of drug-likeness (QED) is 0.325. The normalized spacial score (nSPS) is 13.3. The summed E-state index contributed by atoms with van der Waals surface area (Å²) in [6.07, 6.45) is 4.23. The third-order valence-corrected chi connectivity index (χ3v) is 6.05. The molecular formula is C26H25N3O3. The lowest BCUT2D eigenvalue weighted by Gasteiger charge is -2.27. The number of hydrogen-bond acceptors (Lipinski definition) is 4. The molecule has 0 saturated heterocycles. The number of unbranched alkanes of at least 4 members (excludes halogenated alkanes) is 1. The van der Waals surface area contributed by atoms with Crippen LogP contribution in [-0.2, 0) is 6.42 Å². The molecule has 162 valence electrons. The van der Waals surface area contributed by atoms with Gasteiger partial charge in [0, 0.05) is 40.2 Å². The molecule has 3 aromatic carbocycles. The molecule has 2 heterocycles. The fourth-order valence-electron chi connectivity index (χ4n) is 4.46. The number of nitrogens with one attached hydrogen (secondary N) is 1.